The Bertz CT molecular complexity index is 182. The SMILES string of the molecule is CC(CCCCNC(N)=O)C(=O)O. The first kappa shape index (κ1) is 11.7. The molecule has 1 atom stereocenters. The number of aliphatic carboxylic acids is 1. The van der Waals surface area contributed by atoms with Crippen LogP contribution in [0.15, 0.2) is 0 Å². The van der Waals surface area contributed by atoms with Crippen LogP contribution in [0.4, 0.5) is 4.79 Å². The summed E-state index contributed by atoms with van der Waals surface area (Å²) in [6, 6.07) is -0.536. The number of nitrogens with one attached hydrogen (secondary N) is 1. The molecule has 0 aromatic carbocycles. The van der Waals surface area contributed by atoms with Crippen LogP contribution in [0.3, 0.4) is 0 Å². The normalized spacial score (nSPS) is 12.1. The van der Waals surface area contributed by atoms with E-state index in [1.165, 1.54) is 0 Å². The lowest BCUT2D eigenvalue weighted by Crippen LogP contribution is -2.30. The molecule has 0 bridgehead atoms. The first-order valence-corrected chi connectivity index (χ1v) is 4.30. The fraction of sp³-hybridized carbons (Fsp3) is 0.750. The summed E-state index contributed by atoms with van der Waals surface area (Å²) in [5.41, 5.74) is 4.84. The van der Waals surface area contributed by atoms with E-state index in [0.29, 0.717) is 13.0 Å². The summed E-state index contributed by atoms with van der Waals surface area (Å²) in [6.45, 7) is 2.19. The van der Waals surface area contributed by atoms with E-state index in [1.54, 1.807) is 6.92 Å². The number of unbranched alkanes of at least 4 members (excludes halogenated alkanes) is 1. The molecular weight excluding hydrogens is 172 g/mol. The van der Waals surface area contributed by atoms with E-state index in [-0.39, 0.29) is 5.92 Å². The first-order chi connectivity index (χ1) is 6.04. The number of rotatable bonds is 6. The molecule has 76 valence electrons. The van der Waals surface area contributed by atoms with Gasteiger partial charge in [-0.25, -0.2) is 4.79 Å². The molecule has 0 saturated carbocycles. The van der Waals surface area contributed by atoms with Crippen LogP contribution in [-0.2, 0) is 4.79 Å². The van der Waals surface area contributed by atoms with Crippen molar-refractivity contribution in [3.05, 3.63) is 0 Å². The van der Waals surface area contributed by atoms with E-state index in [9.17, 15) is 9.59 Å². The molecule has 0 radical (unpaired) electrons. The van der Waals surface area contributed by atoms with Gasteiger partial charge in [0, 0.05) is 6.54 Å². The third kappa shape index (κ3) is 7.11. The van der Waals surface area contributed by atoms with Crippen molar-refractivity contribution < 1.29 is 14.7 Å². The van der Waals surface area contributed by atoms with Crippen molar-refractivity contribution in [2.75, 3.05) is 6.54 Å². The molecule has 5 heteroatoms. The number of hydrogen-bond donors (Lipinski definition) is 3. The van der Waals surface area contributed by atoms with Gasteiger partial charge < -0.3 is 16.2 Å². The van der Waals surface area contributed by atoms with E-state index in [0.717, 1.165) is 12.8 Å². The minimum atomic E-state index is -0.775. The average Bonchev–Trinajstić information content (AvgIpc) is 2.02. The van der Waals surface area contributed by atoms with Crippen LogP contribution >= 0.6 is 0 Å². The molecule has 4 N–H and O–H groups in total. The lowest BCUT2D eigenvalue weighted by molar-refractivity contribution is -0.141. The van der Waals surface area contributed by atoms with Crippen molar-refractivity contribution >= 4 is 12.0 Å². The minimum Gasteiger partial charge on any atom is -0.481 e. The fourth-order valence-electron chi connectivity index (χ4n) is 0.911. The molecule has 0 saturated heterocycles. The summed E-state index contributed by atoms with van der Waals surface area (Å²) in [7, 11) is 0. The Kier molecular flexibility index (Phi) is 5.67. The Morgan fingerprint density at radius 2 is 2.08 bits per heavy atom. The molecule has 0 aliphatic heterocycles. The largest absolute Gasteiger partial charge is 0.481 e. The maximum Gasteiger partial charge on any atom is 0.312 e. The highest BCUT2D eigenvalue weighted by Crippen LogP contribution is 2.06. The van der Waals surface area contributed by atoms with Gasteiger partial charge in [-0.3, -0.25) is 4.79 Å². The smallest absolute Gasteiger partial charge is 0.312 e. The molecule has 1 unspecified atom stereocenters. The van der Waals surface area contributed by atoms with Crippen molar-refractivity contribution in [2.45, 2.75) is 26.2 Å². The molecule has 13 heavy (non-hydrogen) atoms. The first-order valence-electron chi connectivity index (χ1n) is 4.30. The Balaban J connectivity index is 3.26. The Labute approximate surface area is 77.3 Å². The monoisotopic (exact) mass is 188 g/mol. The number of amides is 2. The van der Waals surface area contributed by atoms with Gasteiger partial charge in [0.05, 0.1) is 5.92 Å². The summed E-state index contributed by atoms with van der Waals surface area (Å²) in [6.07, 6.45) is 2.18. The zero-order valence-corrected chi connectivity index (χ0v) is 7.75. The molecule has 0 heterocycles. The summed E-state index contributed by atoms with van der Waals surface area (Å²) >= 11 is 0. The zero-order valence-electron chi connectivity index (χ0n) is 7.75. The van der Waals surface area contributed by atoms with E-state index < -0.39 is 12.0 Å². The van der Waals surface area contributed by atoms with E-state index in [4.69, 9.17) is 10.8 Å². The number of hydrogen-bond acceptors (Lipinski definition) is 2. The number of carboxylic acids is 1. The highest BCUT2D eigenvalue weighted by Gasteiger charge is 2.09. The molecule has 0 spiro atoms. The third-order valence-corrected chi connectivity index (χ3v) is 1.78. The quantitative estimate of drug-likeness (QED) is 0.531. The number of carboxylic acid groups (broad SMARTS) is 1. The summed E-state index contributed by atoms with van der Waals surface area (Å²) in [4.78, 5) is 20.6. The standard InChI is InChI=1S/C8H16N2O3/c1-6(7(11)12)4-2-3-5-10-8(9)13/h6H,2-5H2,1H3,(H,11,12)(H3,9,10,13). The molecule has 0 aromatic heterocycles. The molecule has 0 aliphatic carbocycles. The Morgan fingerprint density at radius 1 is 1.46 bits per heavy atom. The highest BCUT2D eigenvalue weighted by molar-refractivity contribution is 5.71. The fourth-order valence-corrected chi connectivity index (χ4v) is 0.911. The summed E-state index contributed by atoms with van der Waals surface area (Å²) in [5.74, 6) is -1.09. The average molecular weight is 188 g/mol. The van der Waals surface area contributed by atoms with Crippen LogP contribution in [0.2, 0.25) is 0 Å². The van der Waals surface area contributed by atoms with E-state index in [2.05, 4.69) is 5.32 Å². The maximum atomic E-state index is 10.4. The van der Waals surface area contributed by atoms with Crippen LogP contribution in [0, 0.1) is 5.92 Å². The van der Waals surface area contributed by atoms with Crippen LogP contribution in [0.1, 0.15) is 26.2 Å². The summed E-state index contributed by atoms with van der Waals surface area (Å²) < 4.78 is 0. The highest BCUT2D eigenvalue weighted by atomic mass is 16.4. The second-order valence-electron chi connectivity index (χ2n) is 3.03. The van der Waals surface area contributed by atoms with Gasteiger partial charge in [0.25, 0.3) is 0 Å². The number of nitrogens with two attached hydrogens (primary N) is 1. The van der Waals surface area contributed by atoms with Crippen molar-refractivity contribution in [3.63, 3.8) is 0 Å². The minimum absolute atomic E-state index is 0.312. The van der Waals surface area contributed by atoms with E-state index >= 15 is 0 Å². The molecule has 5 nitrogen and oxygen atoms in total. The van der Waals surface area contributed by atoms with Gasteiger partial charge >= 0.3 is 12.0 Å². The molecule has 0 aliphatic rings. The number of carbonyl (C=O) groups is 2. The number of primary amides is 1. The van der Waals surface area contributed by atoms with Crippen molar-refractivity contribution in [3.8, 4) is 0 Å². The van der Waals surface area contributed by atoms with Gasteiger partial charge in [0.2, 0.25) is 0 Å². The maximum absolute atomic E-state index is 10.4. The Morgan fingerprint density at radius 3 is 2.54 bits per heavy atom. The van der Waals surface area contributed by atoms with Crippen LogP contribution in [-0.4, -0.2) is 23.7 Å². The summed E-state index contributed by atoms with van der Waals surface area (Å²) in [5, 5.41) is 11.0. The predicted molar refractivity (Wildman–Crippen MR) is 48.2 cm³/mol. The van der Waals surface area contributed by atoms with Crippen molar-refractivity contribution in [1.82, 2.24) is 5.32 Å². The lowest BCUT2D eigenvalue weighted by atomic mass is 10.0. The van der Waals surface area contributed by atoms with Gasteiger partial charge in [-0.15, -0.1) is 0 Å². The number of carbonyl (C=O) groups excluding carboxylic acids is 1. The second-order valence-corrected chi connectivity index (χ2v) is 3.03. The molecule has 0 fully saturated rings. The third-order valence-electron chi connectivity index (χ3n) is 1.78. The predicted octanol–water partition coefficient (Wildman–Crippen LogP) is 0.546. The van der Waals surface area contributed by atoms with Crippen molar-refractivity contribution in [1.29, 1.82) is 0 Å². The zero-order chi connectivity index (χ0) is 10.3. The molecular formula is C8H16N2O3. The topological polar surface area (TPSA) is 92.4 Å². The van der Waals surface area contributed by atoms with Gasteiger partial charge in [-0.05, 0) is 12.8 Å². The van der Waals surface area contributed by atoms with Gasteiger partial charge in [-0.1, -0.05) is 13.3 Å². The van der Waals surface area contributed by atoms with Crippen molar-refractivity contribution in [2.24, 2.45) is 11.7 Å². The molecule has 2 amide bonds. The molecule has 0 aromatic rings. The van der Waals surface area contributed by atoms with Crippen LogP contribution in [0.5, 0.6) is 0 Å². The second kappa shape index (κ2) is 6.28. The van der Waals surface area contributed by atoms with Gasteiger partial charge in [0.15, 0.2) is 0 Å². The van der Waals surface area contributed by atoms with Gasteiger partial charge in [0.1, 0.15) is 0 Å². The number of urea groups is 1. The lowest BCUT2D eigenvalue weighted by Gasteiger charge is -2.05. The van der Waals surface area contributed by atoms with E-state index in [1.807, 2.05) is 0 Å². The Hall–Kier alpha value is -1.26. The van der Waals surface area contributed by atoms with Crippen LogP contribution in [0.25, 0.3) is 0 Å². The van der Waals surface area contributed by atoms with Gasteiger partial charge in [-0.2, -0.15) is 0 Å². The molecule has 0 rings (SSSR count). The van der Waals surface area contributed by atoms with Crippen LogP contribution < -0.4 is 11.1 Å².